The molecule has 3 aromatic rings. The van der Waals surface area contributed by atoms with Crippen LogP contribution in [-0.4, -0.2) is 26.8 Å². The molecule has 3 rings (SSSR count). The molecule has 5 nitrogen and oxygen atoms in total. The van der Waals surface area contributed by atoms with E-state index in [1.165, 1.54) is 17.3 Å². The number of nitrogens with zero attached hydrogens (tertiary/aromatic N) is 2. The predicted molar refractivity (Wildman–Crippen MR) is 103 cm³/mol. The van der Waals surface area contributed by atoms with Crippen LogP contribution in [0, 0.1) is 6.92 Å². The maximum Gasteiger partial charge on any atom is 0.230 e. The summed E-state index contributed by atoms with van der Waals surface area (Å²) in [6.07, 6.45) is 0. The molecule has 0 atom stereocenters. The zero-order valence-corrected chi connectivity index (χ0v) is 16.0. The van der Waals surface area contributed by atoms with Gasteiger partial charge >= 0.3 is 0 Å². The molecular weight excluding hydrogens is 400 g/mol. The van der Waals surface area contributed by atoms with Crippen molar-refractivity contribution in [2.24, 2.45) is 0 Å². The lowest BCUT2D eigenvalue weighted by Crippen LogP contribution is -2.24. The van der Waals surface area contributed by atoms with Gasteiger partial charge < -0.3 is 5.32 Å². The first kappa shape index (κ1) is 17.7. The Morgan fingerprint density at radius 2 is 1.88 bits per heavy atom. The number of H-pyrrole nitrogens is 1. The Labute approximate surface area is 158 Å². The van der Waals surface area contributed by atoms with Crippen LogP contribution in [0.15, 0.2) is 58.2 Å². The van der Waals surface area contributed by atoms with Crippen molar-refractivity contribution >= 4 is 33.6 Å². The summed E-state index contributed by atoms with van der Waals surface area (Å²) in [4.78, 5) is 16.4. The molecular formula is C18H17BrN4OS. The number of nitrogens with one attached hydrogen (secondary N) is 2. The highest BCUT2D eigenvalue weighted by Crippen LogP contribution is 2.21. The number of benzene rings is 2. The smallest absolute Gasteiger partial charge is 0.230 e. The van der Waals surface area contributed by atoms with E-state index in [0.717, 1.165) is 15.6 Å². The number of carbonyl (C=O) groups is 1. The number of aromatic nitrogens is 3. The Morgan fingerprint density at radius 1 is 1.16 bits per heavy atom. The maximum absolute atomic E-state index is 12.0. The standard InChI is InChI=1S/C18H17BrN4OS/c1-12-2-4-13(5-3-12)10-20-16(24)11-25-18-21-17(22-23-18)14-6-8-15(19)9-7-14/h2-9H,10-11H2,1H3,(H,20,24)(H,21,22,23). The van der Waals surface area contributed by atoms with Crippen molar-refractivity contribution in [2.75, 3.05) is 5.75 Å². The van der Waals surface area contributed by atoms with E-state index in [4.69, 9.17) is 0 Å². The average molecular weight is 417 g/mol. The molecule has 25 heavy (non-hydrogen) atoms. The van der Waals surface area contributed by atoms with Crippen LogP contribution in [0.3, 0.4) is 0 Å². The quantitative estimate of drug-likeness (QED) is 0.596. The molecule has 0 unspecified atom stereocenters. The molecule has 0 aliphatic carbocycles. The molecule has 0 aliphatic heterocycles. The normalized spacial score (nSPS) is 10.6. The maximum atomic E-state index is 12.0. The Balaban J connectivity index is 1.49. The van der Waals surface area contributed by atoms with Gasteiger partial charge in [0.15, 0.2) is 5.82 Å². The first-order valence-corrected chi connectivity index (χ1v) is 9.51. The summed E-state index contributed by atoms with van der Waals surface area (Å²) >= 11 is 4.71. The number of hydrogen-bond acceptors (Lipinski definition) is 4. The van der Waals surface area contributed by atoms with Crippen molar-refractivity contribution in [1.82, 2.24) is 20.5 Å². The van der Waals surface area contributed by atoms with Gasteiger partial charge in [0.05, 0.1) is 5.75 Å². The van der Waals surface area contributed by atoms with Crippen molar-refractivity contribution < 1.29 is 4.79 Å². The summed E-state index contributed by atoms with van der Waals surface area (Å²) in [6, 6.07) is 15.9. The van der Waals surface area contributed by atoms with E-state index in [9.17, 15) is 4.79 Å². The van der Waals surface area contributed by atoms with Gasteiger partial charge in [0, 0.05) is 16.6 Å². The summed E-state index contributed by atoms with van der Waals surface area (Å²) in [6.45, 7) is 2.57. The Bertz CT molecular complexity index is 846. The minimum atomic E-state index is -0.0411. The minimum absolute atomic E-state index is 0.0411. The van der Waals surface area contributed by atoms with Crippen molar-refractivity contribution in [2.45, 2.75) is 18.6 Å². The van der Waals surface area contributed by atoms with E-state index in [1.807, 2.05) is 55.5 Å². The summed E-state index contributed by atoms with van der Waals surface area (Å²) in [7, 11) is 0. The zero-order valence-electron chi connectivity index (χ0n) is 13.6. The summed E-state index contributed by atoms with van der Waals surface area (Å²) < 4.78 is 1.01. The summed E-state index contributed by atoms with van der Waals surface area (Å²) in [5.74, 6) is 0.930. The summed E-state index contributed by atoms with van der Waals surface area (Å²) in [5.41, 5.74) is 3.24. The fraction of sp³-hybridized carbons (Fsp3) is 0.167. The van der Waals surface area contributed by atoms with Gasteiger partial charge in [-0.25, -0.2) is 4.98 Å². The highest BCUT2D eigenvalue weighted by Gasteiger charge is 2.09. The third-order valence-electron chi connectivity index (χ3n) is 3.53. The van der Waals surface area contributed by atoms with E-state index in [1.54, 1.807) is 0 Å². The van der Waals surface area contributed by atoms with Crippen LogP contribution in [0.25, 0.3) is 11.4 Å². The van der Waals surface area contributed by atoms with E-state index in [2.05, 4.69) is 36.4 Å². The second-order valence-electron chi connectivity index (χ2n) is 5.52. The number of halogens is 1. The number of amides is 1. The second kappa shape index (κ2) is 8.31. The molecule has 0 fully saturated rings. The SMILES string of the molecule is Cc1ccc(CNC(=O)CSc2n[nH]c(-c3ccc(Br)cc3)n2)cc1. The van der Waals surface area contributed by atoms with Crippen LogP contribution in [0.4, 0.5) is 0 Å². The van der Waals surface area contributed by atoms with Gasteiger partial charge in [-0.1, -0.05) is 69.7 Å². The number of hydrogen-bond donors (Lipinski definition) is 2. The first-order valence-electron chi connectivity index (χ1n) is 7.73. The van der Waals surface area contributed by atoms with Crippen LogP contribution in [0.2, 0.25) is 0 Å². The fourth-order valence-electron chi connectivity index (χ4n) is 2.14. The molecule has 0 saturated heterocycles. The van der Waals surface area contributed by atoms with Crippen molar-refractivity contribution in [1.29, 1.82) is 0 Å². The third kappa shape index (κ3) is 5.17. The average Bonchev–Trinajstić information content (AvgIpc) is 3.09. The molecule has 1 aromatic heterocycles. The Kier molecular flexibility index (Phi) is 5.88. The van der Waals surface area contributed by atoms with Crippen LogP contribution < -0.4 is 5.32 Å². The Hall–Kier alpha value is -2.12. The lowest BCUT2D eigenvalue weighted by Gasteiger charge is -2.04. The lowest BCUT2D eigenvalue weighted by molar-refractivity contribution is -0.118. The molecule has 0 bridgehead atoms. The van der Waals surface area contributed by atoms with Crippen molar-refractivity contribution in [3.63, 3.8) is 0 Å². The topological polar surface area (TPSA) is 70.7 Å². The number of carbonyl (C=O) groups excluding carboxylic acids is 1. The van der Waals surface area contributed by atoms with Gasteiger partial charge in [0.25, 0.3) is 0 Å². The van der Waals surface area contributed by atoms with Gasteiger partial charge in [-0.2, -0.15) is 0 Å². The van der Waals surface area contributed by atoms with Crippen molar-refractivity contribution in [3.05, 3.63) is 64.1 Å². The molecule has 1 heterocycles. The van der Waals surface area contributed by atoms with E-state index in [0.29, 0.717) is 17.5 Å². The second-order valence-corrected chi connectivity index (χ2v) is 7.38. The molecule has 128 valence electrons. The summed E-state index contributed by atoms with van der Waals surface area (Å²) in [5, 5.41) is 10.5. The van der Waals surface area contributed by atoms with Gasteiger partial charge in [-0.3, -0.25) is 9.89 Å². The van der Waals surface area contributed by atoms with E-state index >= 15 is 0 Å². The molecule has 2 aromatic carbocycles. The number of aryl methyl sites for hydroxylation is 1. The molecule has 1 amide bonds. The van der Waals surface area contributed by atoms with Crippen LogP contribution >= 0.6 is 27.7 Å². The highest BCUT2D eigenvalue weighted by molar-refractivity contribution is 9.10. The van der Waals surface area contributed by atoms with Gasteiger partial charge in [0.2, 0.25) is 11.1 Å². The minimum Gasteiger partial charge on any atom is -0.351 e. The van der Waals surface area contributed by atoms with Crippen LogP contribution in [0.1, 0.15) is 11.1 Å². The number of rotatable bonds is 6. The molecule has 7 heteroatoms. The van der Waals surface area contributed by atoms with Gasteiger partial charge in [0.1, 0.15) is 0 Å². The Morgan fingerprint density at radius 3 is 2.60 bits per heavy atom. The number of aromatic amines is 1. The third-order valence-corrected chi connectivity index (χ3v) is 4.90. The van der Waals surface area contributed by atoms with Gasteiger partial charge in [-0.15, -0.1) is 5.10 Å². The van der Waals surface area contributed by atoms with Gasteiger partial charge in [-0.05, 0) is 24.6 Å². The first-order chi connectivity index (χ1) is 12.1. The number of thioether (sulfide) groups is 1. The van der Waals surface area contributed by atoms with Crippen LogP contribution in [-0.2, 0) is 11.3 Å². The molecule has 0 aliphatic rings. The van der Waals surface area contributed by atoms with Crippen LogP contribution in [0.5, 0.6) is 0 Å². The zero-order chi connectivity index (χ0) is 17.6. The van der Waals surface area contributed by atoms with Crippen molar-refractivity contribution in [3.8, 4) is 11.4 Å². The fourth-order valence-corrected chi connectivity index (χ4v) is 3.03. The van der Waals surface area contributed by atoms with E-state index in [-0.39, 0.29) is 11.7 Å². The molecule has 0 spiro atoms. The van der Waals surface area contributed by atoms with E-state index < -0.39 is 0 Å². The lowest BCUT2D eigenvalue weighted by atomic mass is 10.1. The largest absolute Gasteiger partial charge is 0.351 e. The monoisotopic (exact) mass is 416 g/mol. The molecule has 0 saturated carbocycles. The predicted octanol–water partition coefficient (Wildman–Crippen LogP) is 3.95. The molecule has 0 radical (unpaired) electrons. The molecule has 2 N–H and O–H groups in total. The highest BCUT2D eigenvalue weighted by atomic mass is 79.9.